The maximum absolute atomic E-state index is 13.3. The Hall–Kier alpha value is -2.44. The first kappa shape index (κ1) is 18.9. The first-order valence-electron chi connectivity index (χ1n) is 8.29. The van der Waals surface area contributed by atoms with Gasteiger partial charge in [0.25, 0.3) is 5.91 Å². The van der Waals surface area contributed by atoms with Crippen molar-refractivity contribution in [1.29, 1.82) is 0 Å². The van der Waals surface area contributed by atoms with E-state index in [1.165, 1.54) is 12.1 Å². The van der Waals surface area contributed by atoms with Crippen molar-refractivity contribution in [3.8, 4) is 0 Å². The molecular formula is C18H24FN3O3. The van der Waals surface area contributed by atoms with Gasteiger partial charge in [0, 0.05) is 37.3 Å². The molecule has 1 N–H and O–H groups in total. The van der Waals surface area contributed by atoms with E-state index in [0.29, 0.717) is 26.2 Å². The zero-order chi connectivity index (χ0) is 18.6. The first-order valence-corrected chi connectivity index (χ1v) is 8.29. The second kappa shape index (κ2) is 7.63. The maximum atomic E-state index is 13.3. The Morgan fingerprint density at radius 1 is 1.12 bits per heavy atom. The number of anilines is 1. The predicted molar refractivity (Wildman–Crippen MR) is 92.7 cm³/mol. The molecule has 0 radical (unpaired) electrons. The number of carbonyl (C=O) groups is 3. The molecule has 0 saturated carbocycles. The van der Waals surface area contributed by atoms with E-state index in [0.717, 1.165) is 5.69 Å². The van der Waals surface area contributed by atoms with Crippen LogP contribution >= 0.6 is 0 Å². The van der Waals surface area contributed by atoms with Crippen molar-refractivity contribution in [3.63, 3.8) is 0 Å². The highest BCUT2D eigenvalue weighted by molar-refractivity contribution is 6.38. The molecule has 136 valence electrons. The van der Waals surface area contributed by atoms with Gasteiger partial charge in [0.2, 0.25) is 11.7 Å². The van der Waals surface area contributed by atoms with Crippen LogP contribution in [0.15, 0.2) is 24.3 Å². The van der Waals surface area contributed by atoms with Gasteiger partial charge in [0.05, 0.1) is 6.54 Å². The molecule has 2 rings (SSSR count). The Bertz CT molecular complexity index is 662. The second-order valence-corrected chi connectivity index (χ2v) is 7.11. The number of carbonyl (C=O) groups excluding carboxylic acids is 3. The minimum Gasteiger partial charge on any atom is -0.368 e. The molecule has 0 unspecified atom stereocenters. The number of nitrogens with one attached hydrogen (secondary N) is 1. The molecule has 25 heavy (non-hydrogen) atoms. The predicted octanol–water partition coefficient (Wildman–Crippen LogP) is 1.21. The quantitative estimate of drug-likeness (QED) is 0.830. The van der Waals surface area contributed by atoms with Crippen LogP contribution in [0.25, 0.3) is 0 Å². The molecule has 0 bridgehead atoms. The van der Waals surface area contributed by atoms with Crippen LogP contribution in [0.4, 0.5) is 10.1 Å². The molecule has 0 spiro atoms. The summed E-state index contributed by atoms with van der Waals surface area (Å²) in [5.41, 5.74) is 0.0140. The lowest BCUT2D eigenvalue weighted by Gasteiger charge is -2.36. The Morgan fingerprint density at radius 2 is 1.76 bits per heavy atom. The number of Topliss-reactive ketones (excluding diaryl/α,β-unsaturated/α-hetero) is 1. The standard InChI is InChI=1S/C18H24FN3O3/c1-18(2,3)16(24)17(25)20-12-15(23)22-9-7-21(8-10-22)14-6-4-5-13(19)11-14/h4-6,11H,7-10,12H2,1-3H3,(H,20,25). The van der Waals surface area contributed by atoms with Crippen molar-refractivity contribution in [2.45, 2.75) is 20.8 Å². The minimum absolute atomic E-state index is 0.194. The lowest BCUT2D eigenvalue weighted by Crippen LogP contribution is -2.52. The smallest absolute Gasteiger partial charge is 0.288 e. The van der Waals surface area contributed by atoms with E-state index in [1.807, 2.05) is 11.0 Å². The van der Waals surface area contributed by atoms with Crippen LogP contribution in [0.5, 0.6) is 0 Å². The summed E-state index contributed by atoms with van der Waals surface area (Å²) < 4.78 is 13.3. The molecule has 1 aliphatic heterocycles. The largest absolute Gasteiger partial charge is 0.368 e. The van der Waals surface area contributed by atoms with Crippen LogP contribution in [-0.2, 0) is 14.4 Å². The normalized spacial score (nSPS) is 15.0. The molecule has 1 aromatic rings. The van der Waals surface area contributed by atoms with Crippen molar-refractivity contribution < 1.29 is 18.8 Å². The monoisotopic (exact) mass is 349 g/mol. The van der Waals surface area contributed by atoms with Gasteiger partial charge >= 0.3 is 0 Å². The van der Waals surface area contributed by atoms with Gasteiger partial charge in [0.1, 0.15) is 5.82 Å². The summed E-state index contributed by atoms with van der Waals surface area (Å²) in [6.07, 6.45) is 0. The molecule has 1 fully saturated rings. The van der Waals surface area contributed by atoms with E-state index in [2.05, 4.69) is 5.32 Å². The van der Waals surface area contributed by atoms with Gasteiger partial charge in [-0.25, -0.2) is 4.39 Å². The fourth-order valence-corrected chi connectivity index (χ4v) is 2.58. The highest BCUT2D eigenvalue weighted by Gasteiger charge is 2.29. The highest BCUT2D eigenvalue weighted by atomic mass is 19.1. The Labute approximate surface area is 147 Å². The summed E-state index contributed by atoms with van der Waals surface area (Å²) >= 11 is 0. The summed E-state index contributed by atoms with van der Waals surface area (Å²) in [6, 6.07) is 6.35. The maximum Gasteiger partial charge on any atom is 0.288 e. The van der Waals surface area contributed by atoms with Crippen molar-refractivity contribution in [2.24, 2.45) is 5.41 Å². The Morgan fingerprint density at radius 3 is 2.32 bits per heavy atom. The average Bonchev–Trinajstić information content (AvgIpc) is 2.58. The number of benzene rings is 1. The molecule has 0 aromatic heterocycles. The lowest BCUT2D eigenvalue weighted by atomic mass is 9.90. The average molecular weight is 349 g/mol. The number of amides is 2. The summed E-state index contributed by atoms with van der Waals surface area (Å²) in [6.45, 7) is 6.92. The molecule has 6 nitrogen and oxygen atoms in total. The molecule has 2 amide bonds. The third kappa shape index (κ3) is 5.01. The van der Waals surface area contributed by atoms with Gasteiger partial charge in [0.15, 0.2) is 0 Å². The molecule has 1 aromatic carbocycles. The third-order valence-corrected chi connectivity index (χ3v) is 4.09. The number of piperazine rings is 1. The van der Waals surface area contributed by atoms with Crippen LogP contribution in [0, 0.1) is 11.2 Å². The van der Waals surface area contributed by atoms with Gasteiger partial charge in [-0.05, 0) is 18.2 Å². The van der Waals surface area contributed by atoms with Gasteiger partial charge in [-0.2, -0.15) is 0 Å². The number of hydrogen-bond acceptors (Lipinski definition) is 4. The molecule has 0 atom stereocenters. The van der Waals surface area contributed by atoms with E-state index >= 15 is 0 Å². The third-order valence-electron chi connectivity index (χ3n) is 4.09. The van der Waals surface area contributed by atoms with Crippen molar-refractivity contribution >= 4 is 23.3 Å². The van der Waals surface area contributed by atoms with Gasteiger partial charge in [-0.15, -0.1) is 0 Å². The molecule has 1 aliphatic rings. The van der Waals surface area contributed by atoms with E-state index in [1.54, 1.807) is 31.7 Å². The van der Waals surface area contributed by atoms with Gasteiger partial charge in [-0.3, -0.25) is 14.4 Å². The van der Waals surface area contributed by atoms with Gasteiger partial charge in [-0.1, -0.05) is 26.8 Å². The van der Waals surface area contributed by atoms with E-state index in [-0.39, 0.29) is 18.3 Å². The van der Waals surface area contributed by atoms with Crippen LogP contribution in [0.1, 0.15) is 20.8 Å². The summed E-state index contributed by atoms with van der Waals surface area (Å²) in [7, 11) is 0. The zero-order valence-corrected chi connectivity index (χ0v) is 14.8. The number of rotatable bonds is 4. The molecular weight excluding hydrogens is 325 g/mol. The SMILES string of the molecule is CC(C)(C)C(=O)C(=O)NCC(=O)N1CCN(c2cccc(F)c2)CC1. The fourth-order valence-electron chi connectivity index (χ4n) is 2.58. The number of nitrogens with zero attached hydrogens (tertiary/aromatic N) is 2. The van der Waals surface area contributed by atoms with Gasteiger partial charge < -0.3 is 15.1 Å². The summed E-state index contributed by atoms with van der Waals surface area (Å²) in [4.78, 5) is 39.4. The van der Waals surface area contributed by atoms with E-state index in [9.17, 15) is 18.8 Å². The molecule has 1 saturated heterocycles. The van der Waals surface area contributed by atoms with Crippen LogP contribution in [0.2, 0.25) is 0 Å². The fraction of sp³-hybridized carbons (Fsp3) is 0.500. The number of hydrogen-bond donors (Lipinski definition) is 1. The molecule has 0 aliphatic carbocycles. The number of ketones is 1. The Balaban J connectivity index is 1.81. The Kier molecular flexibility index (Phi) is 5.77. The van der Waals surface area contributed by atoms with E-state index < -0.39 is 17.1 Å². The lowest BCUT2D eigenvalue weighted by molar-refractivity contribution is -0.143. The zero-order valence-electron chi connectivity index (χ0n) is 14.8. The summed E-state index contributed by atoms with van der Waals surface area (Å²) in [5, 5.41) is 2.39. The second-order valence-electron chi connectivity index (χ2n) is 7.11. The minimum atomic E-state index is -0.774. The highest BCUT2D eigenvalue weighted by Crippen LogP contribution is 2.17. The molecule has 7 heteroatoms. The van der Waals surface area contributed by atoms with Crippen molar-refractivity contribution in [3.05, 3.63) is 30.1 Å². The first-order chi connectivity index (χ1) is 11.7. The topological polar surface area (TPSA) is 69.7 Å². The van der Waals surface area contributed by atoms with E-state index in [4.69, 9.17) is 0 Å². The van der Waals surface area contributed by atoms with Crippen LogP contribution in [0.3, 0.4) is 0 Å². The van der Waals surface area contributed by atoms with Crippen molar-refractivity contribution in [2.75, 3.05) is 37.6 Å². The van der Waals surface area contributed by atoms with Crippen LogP contribution < -0.4 is 10.2 Å². The molecule has 1 heterocycles. The van der Waals surface area contributed by atoms with Crippen LogP contribution in [-0.4, -0.2) is 55.2 Å². The summed E-state index contributed by atoms with van der Waals surface area (Å²) in [5.74, 6) is -1.80. The number of halogens is 1. The van der Waals surface area contributed by atoms with Crippen molar-refractivity contribution in [1.82, 2.24) is 10.2 Å².